The molecule has 34 heavy (non-hydrogen) atoms. The Morgan fingerprint density at radius 3 is 1.44 bits per heavy atom. The van der Waals surface area contributed by atoms with Crippen LogP contribution in [0.15, 0.2) is 121 Å². The van der Waals surface area contributed by atoms with Gasteiger partial charge in [-0.1, -0.05) is 121 Å². The van der Waals surface area contributed by atoms with Crippen LogP contribution in [0.25, 0.3) is 66.0 Å². The summed E-state index contributed by atoms with van der Waals surface area (Å²) in [4.78, 5) is 0. The molecule has 0 aromatic heterocycles. The van der Waals surface area contributed by atoms with E-state index < -0.39 is 0 Å². The Hall–Kier alpha value is -4.42. The summed E-state index contributed by atoms with van der Waals surface area (Å²) in [5.74, 6) is 0. The fraction of sp³-hybridized carbons (Fsp3) is 0. The smallest absolute Gasteiger partial charge is 0.00266 e. The quantitative estimate of drug-likeness (QED) is 0.189. The van der Waals surface area contributed by atoms with Crippen LogP contribution in [0, 0.1) is 0 Å². The second-order valence-corrected chi connectivity index (χ2v) is 9.03. The number of benzene rings is 7. The highest BCUT2D eigenvalue weighted by Crippen LogP contribution is 2.33. The summed E-state index contributed by atoms with van der Waals surface area (Å²) < 4.78 is 0. The second kappa shape index (κ2) is 7.57. The van der Waals surface area contributed by atoms with E-state index in [0.29, 0.717) is 0 Å². The van der Waals surface area contributed by atoms with Gasteiger partial charge in [0.2, 0.25) is 0 Å². The molecule has 0 fully saturated rings. The van der Waals surface area contributed by atoms with Gasteiger partial charge in [0.1, 0.15) is 0 Å². The molecule has 0 saturated carbocycles. The van der Waals surface area contributed by atoms with Crippen LogP contribution in [0.2, 0.25) is 0 Å². The third-order valence-corrected chi connectivity index (χ3v) is 6.99. The fourth-order valence-electron chi connectivity index (χ4n) is 5.26. The van der Waals surface area contributed by atoms with Crippen molar-refractivity contribution in [2.45, 2.75) is 0 Å². The Bertz CT molecular complexity index is 1900. The van der Waals surface area contributed by atoms with Crippen molar-refractivity contribution in [3.63, 3.8) is 0 Å². The molecule has 7 aromatic rings. The summed E-state index contributed by atoms with van der Waals surface area (Å²) in [7, 11) is 0. The third-order valence-electron chi connectivity index (χ3n) is 6.99. The first-order valence-corrected chi connectivity index (χ1v) is 11.8. The Morgan fingerprint density at radius 2 is 0.765 bits per heavy atom. The van der Waals surface area contributed by atoms with E-state index in [-0.39, 0.29) is 0 Å². The lowest BCUT2D eigenvalue weighted by atomic mass is 9.95. The third kappa shape index (κ3) is 3.08. The Kier molecular flexibility index (Phi) is 4.25. The molecule has 0 heterocycles. The average molecular weight is 431 g/mol. The average Bonchev–Trinajstić information content (AvgIpc) is 2.91. The lowest BCUT2D eigenvalue weighted by Crippen LogP contribution is -1.83. The first-order valence-electron chi connectivity index (χ1n) is 11.8. The van der Waals surface area contributed by atoms with E-state index in [1.807, 2.05) is 0 Å². The predicted octanol–water partition coefficient (Wildman–Crippen LogP) is 9.62. The van der Waals surface area contributed by atoms with Gasteiger partial charge < -0.3 is 0 Å². The van der Waals surface area contributed by atoms with Crippen LogP contribution in [0.1, 0.15) is 11.1 Å². The summed E-state index contributed by atoms with van der Waals surface area (Å²) in [6, 6.07) is 44.1. The van der Waals surface area contributed by atoms with Crippen molar-refractivity contribution in [2.24, 2.45) is 0 Å². The molecule has 0 atom stereocenters. The second-order valence-electron chi connectivity index (χ2n) is 9.03. The fourth-order valence-corrected chi connectivity index (χ4v) is 5.26. The summed E-state index contributed by atoms with van der Waals surface area (Å²) >= 11 is 0. The van der Waals surface area contributed by atoms with E-state index in [0.717, 1.165) is 0 Å². The van der Waals surface area contributed by atoms with Crippen molar-refractivity contribution < 1.29 is 0 Å². The molecule has 0 N–H and O–H groups in total. The maximum Gasteiger partial charge on any atom is -0.00266 e. The highest BCUT2D eigenvalue weighted by Gasteiger charge is 2.06. The van der Waals surface area contributed by atoms with Gasteiger partial charge in [-0.15, -0.1) is 0 Å². The van der Waals surface area contributed by atoms with Gasteiger partial charge in [0.05, 0.1) is 0 Å². The van der Waals surface area contributed by atoms with Crippen LogP contribution in [0.5, 0.6) is 0 Å². The van der Waals surface area contributed by atoms with Crippen molar-refractivity contribution in [3.8, 4) is 0 Å². The largest absolute Gasteiger partial charge is 0.0616 e. The van der Waals surface area contributed by atoms with Gasteiger partial charge in [0.25, 0.3) is 0 Å². The van der Waals surface area contributed by atoms with Crippen LogP contribution in [0.4, 0.5) is 0 Å². The number of hydrogen-bond donors (Lipinski definition) is 0. The van der Waals surface area contributed by atoms with E-state index in [1.54, 1.807) is 0 Å². The van der Waals surface area contributed by atoms with E-state index in [2.05, 4.69) is 133 Å². The summed E-state index contributed by atoms with van der Waals surface area (Å²) in [5, 5.41) is 13.0. The lowest BCUT2D eigenvalue weighted by molar-refractivity contribution is 1.71. The van der Waals surface area contributed by atoms with Crippen molar-refractivity contribution >= 4 is 66.0 Å². The molecule has 0 bridgehead atoms. The van der Waals surface area contributed by atoms with Gasteiger partial charge >= 0.3 is 0 Å². The number of hydrogen-bond acceptors (Lipinski definition) is 0. The highest BCUT2D eigenvalue weighted by molar-refractivity contribution is 6.20. The number of rotatable bonds is 2. The van der Waals surface area contributed by atoms with E-state index in [4.69, 9.17) is 0 Å². The molecular formula is C34H22. The zero-order chi connectivity index (χ0) is 22.5. The minimum absolute atomic E-state index is 1.21. The van der Waals surface area contributed by atoms with Gasteiger partial charge in [0, 0.05) is 0 Å². The first-order chi connectivity index (χ1) is 16.8. The minimum atomic E-state index is 1.21. The molecule has 7 rings (SSSR count). The van der Waals surface area contributed by atoms with Crippen molar-refractivity contribution in [3.05, 3.63) is 132 Å². The minimum Gasteiger partial charge on any atom is -0.0616 e. The summed E-state index contributed by atoms with van der Waals surface area (Å²) in [6.07, 6.45) is 4.46. The SMILES string of the molecule is C(=Cc1ccc2ccc3ccc4ccccc4c3c2c1)c1ccc2ccc3ccccc3c2c1. The molecule has 0 unspecified atom stereocenters. The molecular weight excluding hydrogens is 408 g/mol. The predicted molar refractivity (Wildman–Crippen MR) is 149 cm³/mol. The van der Waals surface area contributed by atoms with Gasteiger partial charge in [0.15, 0.2) is 0 Å². The van der Waals surface area contributed by atoms with E-state index in [1.165, 1.54) is 65.0 Å². The van der Waals surface area contributed by atoms with Gasteiger partial charge in [-0.3, -0.25) is 0 Å². The maximum absolute atomic E-state index is 2.33. The van der Waals surface area contributed by atoms with Gasteiger partial charge in [-0.2, -0.15) is 0 Å². The maximum atomic E-state index is 2.33. The van der Waals surface area contributed by atoms with Gasteiger partial charge in [-0.25, -0.2) is 0 Å². The van der Waals surface area contributed by atoms with E-state index >= 15 is 0 Å². The monoisotopic (exact) mass is 430 g/mol. The zero-order valence-corrected chi connectivity index (χ0v) is 18.7. The van der Waals surface area contributed by atoms with Crippen molar-refractivity contribution in [2.75, 3.05) is 0 Å². The molecule has 0 aliphatic carbocycles. The van der Waals surface area contributed by atoms with Crippen molar-refractivity contribution in [1.82, 2.24) is 0 Å². The van der Waals surface area contributed by atoms with Crippen LogP contribution >= 0.6 is 0 Å². The molecule has 0 aliphatic rings. The Balaban J connectivity index is 1.37. The Morgan fingerprint density at radius 1 is 0.324 bits per heavy atom. The molecule has 7 aromatic carbocycles. The molecule has 0 radical (unpaired) electrons. The van der Waals surface area contributed by atoms with Crippen LogP contribution < -0.4 is 0 Å². The molecule has 0 nitrogen and oxygen atoms in total. The highest BCUT2D eigenvalue weighted by atomic mass is 14.1. The molecule has 0 saturated heterocycles. The van der Waals surface area contributed by atoms with Crippen LogP contribution in [0.3, 0.4) is 0 Å². The molecule has 0 spiro atoms. The molecule has 0 heteroatoms. The standard InChI is InChI=1S/C34H22/c1-3-7-30-25(5-1)15-16-27-13-11-23(21-32(27)30)9-10-24-12-14-28-18-20-29-19-17-26-6-2-4-8-31(26)34(29)33(28)22-24/h1-22H. The number of fused-ring (bicyclic) bond motifs is 8. The zero-order valence-electron chi connectivity index (χ0n) is 18.7. The molecule has 158 valence electrons. The first kappa shape index (κ1) is 19.1. The Labute approximate surface area is 198 Å². The van der Waals surface area contributed by atoms with Gasteiger partial charge in [-0.05, 0) is 77.1 Å². The van der Waals surface area contributed by atoms with E-state index in [9.17, 15) is 0 Å². The van der Waals surface area contributed by atoms with Crippen LogP contribution in [-0.2, 0) is 0 Å². The molecule has 0 aliphatic heterocycles. The topological polar surface area (TPSA) is 0 Å². The lowest BCUT2D eigenvalue weighted by Gasteiger charge is -2.09. The van der Waals surface area contributed by atoms with Crippen molar-refractivity contribution in [1.29, 1.82) is 0 Å². The molecule has 0 amide bonds. The summed E-state index contributed by atoms with van der Waals surface area (Å²) in [6.45, 7) is 0. The normalized spacial score (nSPS) is 12.0. The van der Waals surface area contributed by atoms with Crippen LogP contribution in [-0.4, -0.2) is 0 Å². The summed E-state index contributed by atoms with van der Waals surface area (Å²) in [5.41, 5.74) is 2.43.